The second-order valence-electron chi connectivity index (χ2n) is 14.4. The molecule has 0 saturated heterocycles. The average molecular weight is 511 g/mol. The zero-order valence-corrected chi connectivity index (χ0v) is 23.2. The van der Waals surface area contributed by atoms with Crippen LogP contribution in [0.1, 0.15) is 100 Å². The third-order valence-electron chi connectivity index (χ3n) is 12.0. The minimum atomic E-state index is -2.98. The zero-order valence-electron chi connectivity index (χ0n) is 28.2. The van der Waals surface area contributed by atoms with Crippen molar-refractivity contribution in [2.75, 3.05) is 7.04 Å². The molecular formula is C32H43NO4. The number of fused-ring (bicyclic) bond motifs is 7. The molecular weight excluding hydrogens is 462 g/mol. The molecule has 0 aromatic carbocycles. The summed E-state index contributed by atoms with van der Waals surface area (Å²) in [4.78, 5) is 41.5. The van der Waals surface area contributed by atoms with Crippen LogP contribution in [0.5, 0.6) is 0 Å². The fraction of sp³-hybridized carbons (Fsp3) is 0.750. The molecule has 0 amide bonds. The number of nitrogens with zero attached hydrogens (tertiary/aromatic N) is 1. The highest BCUT2D eigenvalue weighted by Gasteiger charge is 2.71. The van der Waals surface area contributed by atoms with E-state index in [1.165, 1.54) is 0 Å². The second-order valence-corrected chi connectivity index (χ2v) is 14.4. The molecule has 5 aliphatic rings. The zero-order chi connectivity index (χ0) is 31.7. The Kier molecular flexibility index (Phi) is 4.29. The van der Waals surface area contributed by atoms with Gasteiger partial charge >= 0.3 is 5.97 Å². The van der Waals surface area contributed by atoms with E-state index in [4.69, 9.17) is 11.6 Å². The highest BCUT2D eigenvalue weighted by atomic mass is 16.5. The number of carbonyl (C=O) groups is 3. The molecule has 5 heteroatoms. The topological polar surface area (TPSA) is 84.2 Å². The van der Waals surface area contributed by atoms with Crippen molar-refractivity contribution in [1.29, 1.82) is 5.26 Å². The number of rotatable bonds is 1. The van der Waals surface area contributed by atoms with Crippen LogP contribution >= 0.6 is 0 Å². The van der Waals surface area contributed by atoms with Crippen molar-refractivity contribution in [1.82, 2.24) is 0 Å². The van der Waals surface area contributed by atoms with Crippen LogP contribution in [0.2, 0.25) is 0 Å². The summed E-state index contributed by atoms with van der Waals surface area (Å²) >= 11 is 0. The summed E-state index contributed by atoms with van der Waals surface area (Å²) in [5.41, 5.74) is -3.88. The van der Waals surface area contributed by atoms with Crippen LogP contribution in [0.4, 0.5) is 0 Å². The number of nitriles is 1. The Morgan fingerprint density at radius 1 is 1.11 bits per heavy atom. The van der Waals surface area contributed by atoms with Gasteiger partial charge in [-0.2, -0.15) is 5.26 Å². The highest BCUT2D eigenvalue weighted by molar-refractivity contribution is 6.04. The molecule has 5 nitrogen and oxygen atoms in total. The molecule has 5 rings (SSSR count). The Morgan fingerprint density at radius 3 is 2.46 bits per heavy atom. The van der Waals surface area contributed by atoms with Crippen molar-refractivity contribution in [2.24, 2.45) is 50.2 Å². The van der Waals surface area contributed by atoms with Gasteiger partial charge in [-0.25, -0.2) is 0 Å². The van der Waals surface area contributed by atoms with E-state index in [1.54, 1.807) is 12.2 Å². The number of ketones is 2. The van der Waals surface area contributed by atoms with E-state index < -0.39 is 63.7 Å². The van der Waals surface area contributed by atoms with Gasteiger partial charge in [-0.15, -0.1) is 0 Å². The third-order valence-corrected chi connectivity index (χ3v) is 12.0. The Labute approximate surface area is 229 Å². The Bertz CT molecular complexity index is 1390. The lowest BCUT2D eigenvalue weighted by atomic mass is 9.34. The van der Waals surface area contributed by atoms with Crippen LogP contribution in [0.25, 0.3) is 0 Å². The summed E-state index contributed by atoms with van der Waals surface area (Å²) in [5.74, 6) is -2.60. The Morgan fingerprint density at radius 2 is 1.81 bits per heavy atom. The van der Waals surface area contributed by atoms with Crippen LogP contribution in [0.15, 0.2) is 23.3 Å². The normalized spacial score (nSPS) is 49.4. The largest absolute Gasteiger partial charge is 0.469 e. The number of methoxy groups -OCH3 is 1. The van der Waals surface area contributed by atoms with Gasteiger partial charge in [-0.05, 0) is 79.1 Å². The lowest BCUT2D eigenvalue weighted by Gasteiger charge is -2.68. The monoisotopic (exact) mass is 510 g/mol. The molecule has 0 radical (unpaired) electrons. The van der Waals surface area contributed by atoms with Gasteiger partial charge in [-0.1, -0.05) is 60.1 Å². The highest BCUT2D eigenvalue weighted by Crippen LogP contribution is 2.74. The first-order valence-corrected chi connectivity index (χ1v) is 13.6. The van der Waals surface area contributed by atoms with Gasteiger partial charge in [0.25, 0.3) is 0 Å². The molecule has 3 fully saturated rings. The third kappa shape index (κ3) is 3.11. The number of ether oxygens (including phenoxy) is 1. The van der Waals surface area contributed by atoms with Crippen molar-refractivity contribution < 1.29 is 26.0 Å². The SMILES string of the molecule is [2H]C([2H])([2H])OC(=O)[C@@]12CC[C@]3(C)[C@H](C(=O)C=C4[C@@]5(C)C=C(C#N)C(=O)C(C)(C)[C@@H]5CC[C@]43C)[C@@H]1CC(C)(C)C([2H])([2H])C2. The van der Waals surface area contributed by atoms with Gasteiger partial charge < -0.3 is 4.74 Å². The molecule has 0 aromatic rings. The minimum absolute atomic E-state index is 0.0975. The quantitative estimate of drug-likeness (QED) is 0.382. The fourth-order valence-corrected chi connectivity index (χ4v) is 9.73. The summed E-state index contributed by atoms with van der Waals surface area (Å²) in [6.07, 6.45) is 3.81. The van der Waals surface area contributed by atoms with E-state index in [1.807, 2.05) is 34.6 Å². The lowest BCUT2D eigenvalue weighted by molar-refractivity contribution is -0.191. The number of carbonyl (C=O) groups excluding carboxylic acids is 3. The van der Waals surface area contributed by atoms with E-state index in [2.05, 4.69) is 19.9 Å². The van der Waals surface area contributed by atoms with E-state index in [-0.39, 0.29) is 42.3 Å². The van der Waals surface area contributed by atoms with Gasteiger partial charge in [0, 0.05) is 19.5 Å². The van der Waals surface area contributed by atoms with Gasteiger partial charge in [0.2, 0.25) is 0 Å². The average Bonchev–Trinajstić information content (AvgIpc) is 2.83. The maximum atomic E-state index is 14.5. The van der Waals surface area contributed by atoms with Crippen LogP contribution in [0.3, 0.4) is 0 Å². The summed E-state index contributed by atoms with van der Waals surface area (Å²) in [5, 5.41) is 9.89. The van der Waals surface area contributed by atoms with E-state index >= 15 is 0 Å². The summed E-state index contributed by atoms with van der Waals surface area (Å²) in [7, 11) is -2.98. The first-order valence-electron chi connectivity index (χ1n) is 16.1. The predicted octanol–water partition coefficient (Wildman–Crippen LogP) is 6.38. The van der Waals surface area contributed by atoms with Crippen molar-refractivity contribution in [2.45, 2.75) is 93.4 Å². The molecule has 200 valence electrons. The molecule has 5 aliphatic carbocycles. The number of Topliss-reactive ketones (excluding diaryl/α,β-unsaturated/α-hetero) is 1. The number of hydrogen-bond acceptors (Lipinski definition) is 5. The molecule has 0 heterocycles. The molecule has 7 atom stereocenters. The first-order chi connectivity index (χ1) is 18.9. The first kappa shape index (κ1) is 20.7. The second kappa shape index (κ2) is 7.67. The van der Waals surface area contributed by atoms with Gasteiger partial charge in [0.05, 0.1) is 22.1 Å². The smallest absolute Gasteiger partial charge is 0.312 e. The molecule has 0 unspecified atom stereocenters. The van der Waals surface area contributed by atoms with Crippen LogP contribution in [0, 0.1) is 61.6 Å². The number of allylic oxidation sites excluding steroid dienone is 4. The number of esters is 1. The van der Waals surface area contributed by atoms with Gasteiger partial charge in [0.15, 0.2) is 11.6 Å². The lowest BCUT2D eigenvalue weighted by Crippen LogP contribution is -2.65. The van der Waals surface area contributed by atoms with E-state index in [0.29, 0.717) is 6.42 Å². The van der Waals surface area contributed by atoms with Crippen LogP contribution < -0.4 is 0 Å². The van der Waals surface area contributed by atoms with Crippen molar-refractivity contribution >= 4 is 17.5 Å². The van der Waals surface area contributed by atoms with Crippen LogP contribution in [-0.2, 0) is 19.1 Å². The predicted molar refractivity (Wildman–Crippen MR) is 141 cm³/mol. The van der Waals surface area contributed by atoms with Gasteiger partial charge in [0.1, 0.15) is 6.07 Å². The summed E-state index contributed by atoms with van der Waals surface area (Å²) in [6.45, 7) is 13.7. The van der Waals surface area contributed by atoms with Crippen molar-refractivity contribution in [3.63, 3.8) is 0 Å². The maximum Gasteiger partial charge on any atom is 0.312 e. The minimum Gasteiger partial charge on any atom is -0.469 e. The molecule has 37 heavy (non-hydrogen) atoms. The Balaban J connectivity index is 1.70. The molecule has 0 N–H and O–H groups in total. The maximum absolute atomic E-state index is 14.5. The van der Waals surface area contributed by atoms with E-state index in [9.17, 15) is 19.6 Å². The summed E-state index contributed by atoms with van der Waals surface area (Å²) < 4.78 is 45.7. The molecule has 3 saturated carbocycles. The van der Waals surface area contributed by atoms with Gasteiger partial charge in [-0.3, -0.25) is 14.4 Å². The van der Waals surface area contributed by atoms with E-state index in [0.717, 1.165) is 18.4 Å². The Hall–Kier alpha value is -2.22. The summed E-state index contributed by atoms with van der Waals surface area (Å²) in [6, 6.07) is 2.11. The molecule has 0 aromatic heterocycles. The molecule has 0 aliphatic heterocycles. The molecule has 0 bridgehead atoms. The van der Waals surface area contributed by atoms with Crippen LogP contribution in [-0.4, -0.2) is 24.6 Å². The van der Waals surface area contributed by atoms with Crippen molar-refractivity contribution in [3.8, 4) is 6.07 Å². The molecule has 0 spiro atoms. The standard InChI is InChI=1S/C32H43NO4/c1-27(2)11-13-32(26(36)37-8)14-12-31(7)24(20(32)17-27)21(34)15-23-29(5)16-19(18-33)25(35)28(3,4)22(29)9-10-30(23,31)6/h15-16,20,22,24H,9-14,17H2,1-8H3/t20-,22-,24-,29-,30+,31+,32-/m0/s1/i8D3,11D2. The van der Waals surface area contributed by atoms with Crippen molar-refractivity contribution in [3.05, 3.63) is 23.3 Å². The fourth-order valence-electron chi connectivity index (χ4n) is 9.73. The number of hydrogen-bond donors (Lipinski definition) is 0.